The van der Waals surface area contributed by atoms with Crippen LogP contribution in [0.5, 0.6) is 11.5 Å². The zero-order valence-corrected chi connectivity index (χ0v) is 16.0. The van der Waals surface area contributed by atoms with Crippen molar-refractivity contribution in [2.75, 3.05) is 25.2 Å². The zero-order chi connectivity index (χ0) is 18.5. The number of rotatable bonds is 7. The zero-order valence-electron chi connectivity index (χ0n) is 15.1. The van der Waals surface area contributed by atoms with Crippen molar-refractivity contribution < 1.29 is 14.3 Å². The molecule has 6 heteroatoms. The Morgan fingerprint density at radius 1 is 1.12 bits per heavy atom. The molecule has 0 aliphatic rings. The number of carbonyl (C=O) groups excluding carboxylic acids is 1. The Balaban J connectivity index is 1.79. The summed E-state index contributed by atoms with van der Waals surface area (Å²) < 4.78 is 12.0. The number of hydrogen-bond acceptors (Lipinski definition) is 5. The number of benzene rings is 2. The summed E-state index contributed by atoms with van der Waals surface area (Å²) in [7, 11) is 1.58. The van der Waals surface area contributed by atoms with Crippen LogP contribution >= 0.6 is 11.3 Å². The molecule has 3 aromatic rings. The molecule has 5 nitrogen and oxygen atoms in total. The third-order valence-corrected chi connectivity index (χ3v) is 4.84. The average Bonchev–Trinajstić information content (AvgIpc) is 3.08. The highest BCUT2D eigenvalue weighted by Crippen LogP contribution is 2.30. The molecule has 2 aromatic carbocycles. The van der Waals surface area contributed by atoms with E-state index in [1.807, 2.05) is 36.4 Å². The Bertz CT molecular complexity index is 858. The van der Waals surface area contributed by atoms with Crippen molar-refractivity contribution in [2.24, 2.45) is 5.92 Å². The van der Waals surface area contributed by atoms with Crippen molar-refractivity contribution in [2.45, 2.75) is 13.8 Å². The number of carbonyl (C=O) groups is 1. The van der Waals surface area contributed by atoms with E-state index in [1.54, 1.807) is 24.1 Å². The van der Waals surface area contributed by atoms with Crippen LogP contribution in [0, 0.1) is 5.92 Å². The maximum absolute atomic E-state index is 12.9. The fraction of sp³-hybridized carbons (Fsp3) is 0.300. The number of ether oxygens (including phenoxy) is 2. The molecule has 0 saturated heterocycles. The number of hydrogen-bond donors (Lipinski definition) is 0. The lowest BCUT2D eigenvalue weighted by Crippen LogP contribution is -2.37. The van der Waals surface area contributed by atoms with Crippen molar-refractivity contribution in [1.82, 2.24) is 4.98 Å². The van der Waals surface area contributed by atoms with E-state index >= 15 is 0 Å². The summed E-state index contributed by atoms with van der Waals surface area (Å²) in [6.07, 6.45) is 0. The van der Waals surface area contributed by atoms with E-state index in [0.29, 0.717) is 29.1 Å². The van der Waals surface area contributed by atoms with Crippen LogP contribution in [-0.4, -0.2) is 31.2 Å². The number of amides is 1. The van der Waals surface area contributed by atoms with Crippen molar-refractivity contribution in [3.05, 3.63) is 48.5 Å². The monoisotopic (exact) mass is 370 g/mol. The lowest BCUT2D eigenvalue weighted by atomic mass is 10.2. The fourth-order valence-electron chi connectivity index (χ4n) is 2.58. The van der Waals surface area contributed by atoms with Crippen LogP contribution in [0.4, 0.5) is 5.13 Å². The molecule has 136 valence electrons. The maximum Gasteiger partial charge on any atom is 0.266 e. The lowest BCUT2D eigenvalue weighted by Gasteiger charge is -2.22. The molecular formula is C20H22N2O3S. The second-order valence-electron chi connectivity index (χ2n) is 6.30. The third kappa shape index (κ3) is 4.14. The molecule has 0 aliphatic carbocycles. The molecule has 0 aliphatic heterocycles. The van der Waals surface area contributed by atoms with Gasteiger partial charge in [0.15, 0.2) is 23.2 Å². The van der Waals surface area contributed by atoms with Gasteiger partial charge in [0.25, 0.3) is 5.91 Å². The van der Waals surface area contributed by atoms with Crippen LogP contribution in [0.1, 0.15) is 13.8 Å². The minimum Gasteiger partial charge on any atom is -0.493 e. The first-order valence-corrected chi connectivity index (χ1v) is 9.32. The predicted molar refractivity (Wildman–Crippen MR) is 105 cm³/mol. The van der Waals surface area contributed by atoms with Gasteiger partial charge in [0.05, 0.1) is 17.3 Å². The lowest BCUT2D eigenvalue weighted by molar-refractivity contribution is -0.120. The molecule has 0 radical (unpaired) electrons. The molecule has 0 bridgehead atoms. The van der Waals surface area contributed by atoms with E-state index in [4.69, 9.17) is 9.47 Å². The van der Waals surface area contributed by atoms with Crippen LogP contribution in [0.3, 0.4) is 0 Å². The number of nitrogens with zero attached hydrogens (tertiary/aromatic N) is 2. The summed E-state index contributed by atoms with van der Waals surface area (Å²) in [6.45, 7) is 4.68. The fourth-order valence-corrected chi connectivity index (χ4v) is 3.57. The molecule has 0 atom stereocenters. The van der Waals surface area contributed by atoms with E-state index in [0.717, 1.165) is 10.2 Å². The number of methoxy groups -OCH3 is 1. The van der Waals surface area contributed by atoms with Gasteiger partial charge in [0.2, 0.25) is 0 Å². The smallest absolute Gasteiger partial charge is 0.266 e. The van der Waals surface area contributed by atoms with E-state index < -0.39 is 0 Å². The summed E-state index contributed by atoms with van der Waals surface area (Å²) in [4.78, 5) is 19.2. The summed E-state index contributed by atoms with van der Waals surface area (Å²) in [5.74, 6) is 1.36. The Labute approximate surface area is 157 Å². The Kier molecular flexibility index (Phi) is 5.73. The number of aromatic nitrogens is 1. The maximum atomic E-state index is 12.9. The largest absolute Gasteiger partial charge is 0.493 e. The molecule has 1 aromatic heterocycles. The van der Waals surface area contributed by atoms with Crippen molar-refractivity contribution in [3.63, 3.8) is 0 Å². The topological polar surface area (TPSA) is 51.7 Å². The minimum atomic E-state index is -0.122. The number of fused-ring (bicyclic) bond motifs is 1. The normalized spacial score (nSPS) is 10.9. The average molecular weight is 370 g/mol. The first-order chi connectivity index (χ1) is 12.6. The van der Waals surface area contributed by atoms with Crippen LogP contribution in [0.25, 0.3) is 10.2 Å². The van der Waals surface area contributed by atoms with Crippen molar-refractivity contribution >= 4 is 32.6 Å². The molecule has 0 fully saturated rings. The van der Waals surface area contributed by atoms with Crippen LogP contribution in [0.15, 0.2) is 48.5 Å². The van der Waals surface area contributed by atoms with E-state index in [1.165, 1.54) is 11.3 Å². The SMILES string of the molecule is COc1ccccc1OCC(=O)N(CC(C)C)c1nc2ccccc2s1. The van der Waals surface area contributed by atoms with Gasteiger partial charge >= 0.3 is 0 Å². The summed E-state index contributed by atoms with van der Waals surface area (Å²) >= 11 is 1.52. The number of thiazole rings is 1. The highest BCUT2D eigenvalue weighted by Gasteiger charge is 2.21. The molecule has 3 rings (SSSR count). The Morgan fingerprint density at radius 3 is 2.50 bits per heavy atom. The summed E-state index contributed by atoms with van der Waals surface area (Å²) in [5.41, 5.74) is 0.903. The van der Waals surface area contributed by atoms with E-state index in [2.05, 4.69) is 18.8 Å². The third-order valence-electron chi connectivity index (χ3n) is 3.78. The number of para-hydroxylation sites is 3. The summed E-state index contributed by atoms with van der Waals surface area (Å²) in [5, 5.41) is 0.702. The van der Waals surface area contributed by atoms with Gasteiger partial charge < -0.3 is 9.47 Å². The molecule has 0 N–H and O–H groups in total. The molecule has 0 saturated carbocycles. The van der Waals surface area contributed by atoms with Gasteiger partial charge in [-0.15, -0.1) is 0 Å². The Hall–Kier alpha value is -2.60. The van der Waals surface area contributed by atoms with Gasteiger partial charge in [0, 0.05) is 6.54 Å². The minimum absolute atomic E-state index is 0.0664. The number of anilines is 1. The molecule has 0 unspecified atom stereocenters. The molecule has 0 spiro atoms. The van der Waals surface area contributed by atoms with Gasteiger partial charge in [-0.2, -0.15) is 0 Å². The first-order valence-electron chi connectivity index (χ1n) is 8.50. The standard InChI is InChI=1S/C20H22N2O3S/c1-14(2)12-22(20-21-15-8-4-7-11-18(15)26-20)19(23)13-25-17-10-6-5-9-16(17)24-3/h4-11,14H,12-13H2,1-3H3. The van der Waals surface area contributed by atoms with Gasteiger partial charge in [-0.25, -0.2) is 4.98 Å². The van der Waals surface area contributed by atoms with Crippen molar-refractivity contribution in [3.8, 4) is 11.5 Å². The highest BCUT2D eigenvalue weighted by atomic mass is 32.1. The van der Waals surface area contributed by atoms with Gasteiger partial charge in [-0.05, 0) is 30.2 Å². The van der Waals surface area contributed by atoms with E-state index in [-0.39, 0.29) is 12.5 Å². The predicted octanol–water partition coefficient (Wildman–Crippen LogP) is 4.37. The van der Waals surface area contributed by atoms with Crippen molar-refractivity contribution in [1.29, 1.82) is 0 Å². The summed E-state index contributed by atoms with van der Waals surface area (Å²) in [6, 6.07) is 15.2. The van der Waals surface area contributed by atoms with Crippen LogP contribution in [-0.2, 0) is 4.79 Å². The van der Waals surface area contributed by atoms with Gasteiger partial charge in [0.1, 0.15) is 0 Å². The molecular weight excluding hydrogens is 348 g/mol. The second kappa shape index (κ2) is 8.19. The van der Waals surface area contributed by atoms with Gasteiger partial charge in [-0.3, -0.25) is 9.69 Å². The van der Waals surface area contributed by atoms with E-state index in [9.17, 15) is 4.79 Å². The molecule has 26 heavy (non-hydrogen) atoms. The van der Waals surface area contributed by atoms with Crippen LogP contribution < -0.4 is 14.4 Å². The highest BCUT2D eigenvalue weighted by molar-refractivity contribution is 7.22. The quantitative estimate of drug-likeness (QED) is 0.620. The van der Waals surface area contributed by atoms with Crippen LogP contribution in [0.2, 0.25) is 0 Å². The second-order valence-corrected chi connectivity index (χ2v) is 7.31. The molecule has 1 heterocycles. The molecule has 1 amide bonds. The Morgan fingerprint density at radius 2 is 1.81 bits per heavy atom. The van der Waals surface area contributed by atoms with Gasteiger partial charge in [-0.1, -0.05) is 49.4 Å². The first kappa shape index (κ1) is 18.2.